The van der Waals surface area contributed by atoms with Crippen LogP contribution in [0.4, 0.5) is 34.1 Å². The Morgan fingerprint density at radius 3 is 1.29 bits per heavy atom. The molecule has 0 N–H and O–H groups in total. The number of hydrogen-bond acceptors (Lipinski definition) is 3. The standard InChI is InChI=1S/C63H76N2S/c1-41-34-49(64(47-27-22-44(23-28-47)59(5,6)7)55-31-26-46(61(11,12)13)36-51(55)42-18-20-43(21-19-42)58(2,3)4)37-50(35-41)65(48-29-24-45(25-30-48)60(8,9)10)56-40-66-57-39-54-53(38-52(56)57)62(14,15)32-33-63(54,16)17/h18-31,34-40H,32-33H2,1-17H3. The largest absolute Gasteiger partial charge is 0.310 e. The first-order chi connectivity index (χ1) is 30.6. The van der Waals surface area contributed by atoms with Gasteiger partial charge in [0.1, 0.15) is 0 Å². The molecule has 0 spiro atoms. The van der Waals surface area contributed by atoms with Crippen LogP contribution in [0.15, 0.2) is 127 Å². The third-order valence-corrected chi connectivity index (χ3v) is 15.4. The molecule has 0 aliphatic heterocycles. The molecule has 1 heterocycles. The van der Waals surface area contributed by atoms with Crippen LogP contribution in [0.5, 0.6) is 0 Å². The molecule has 8 rings (SSSR count). The fraction of sp³-hybridized carbons (Fsp3) is 0.397. The maximum Gasteiger partial charge on any atom is 0.0647 e. The number of rotatable bonds is 7. The van der Waals surface area contributed by atoms with E-state index in [0.717, 1.165) is 28.4 Å². The minimum absolute atomic E-state index is 0.0229. The predicted octanol–water partition coefficient (Wildman–Crippen LogP) is 19.4. The molecule has 344 valence electrons. The number of nitrogens with zero attached hydrogens (tertiary/aromatic N) is 2. The van der Waals surface area contributed by atoms with Gasteiger partial charge in [0, 0.05) is 43.8 Å². The lowest BCUT2D eigenvalue weighted by molar-refractivity contribution is 0.332. The Kier molecular flexibility index (Phi) is 11.9. The lowest BCUT2D eigenvalue weighted by atomic mass is 9.63. The van der Waals surface area contributed by atoms with Crippen LogP contribution in [0.3, 0.4) is 0 Å². The molecule has 0 amide bonds. The van der Waals surface area contributed by atoms with Gasteiger partial charge in [0.25, 0.3) is 0 Å². The zero-order chi connectivity index (χ0) is 47.9. The van der Waals surface area contributed by atoms with Crippen LogP contribution in [-0.4, -0.2) is 0 Å². The van der Waals surface area contributed by atoms with Crippen molar-refractivity contribution in [1.29, 1.82) is 0 Å². The fourth-order valence-corrected chi connectivity index (χ4v) is 10.9. The van der Waals surface area contributed by atoms with Gasteiger partial charge in [0.2, 0.25) is 0 Å². The Balaban J connectivity index is 1.39. The van der Waals surface area contributed by atoms with E-state index in [4.69, 9.17) is 0 Å². The molecule has 2 nitrogen and oxygen atoms in total. The van der Waals surface area contributed by atoms with Crippen LogP contribution in [0.2, 0.25) is 0 Å². The van der Waals surface area contributed by atoms with Gasteiger partial charge < -0.3 is 9.80 Å². The second-order valence-corrected chi connectivity index (χ2v) is 25.8. The van der Waals surface area contributed by atoms with E-state index in [1.165, 1.54) is 78.7 Å². The fourth-order valence-electron chi connectivity index (χ4n) is 9.90. The summed E-state index contributed by atoms with van der Waals surface area (Å²) in [6.07, 6.45) is 2.39. The van der Waals surface area contributed by atoms with Gasteiger partial charge in [0.05, 0.1) is 11.4 Å². The molecular weight excluding hydrogens is 817 g/mol. The van der Waals surface area contributed by atoms with Crippen molar-refractivity contribution in [2.75, 3.05) is 9.80 Å². The number of benzene rings is 6. The first-order valence-electron chi connectivity index (χ1n) is 24.4. The van der Waals surface area contributed by atoms with Crippen molar-refractivity contribution >= 4 is 55.5 Å². The summed E-state index contributed by atoms with van der Waals surface area (Å²) in [5.41, 5.74) is 19.3. The van der Waals surface area contributed by atoms with E-state index < -0.39 is 0 Å². The first-order valence-corrected chi connectivity index (χ1v) is 25.2. The number of aryl methyl sites for hydroxylation is 1. The van der Waals surface area contributed by atoms with E-state index in [0.29, 0.717) is 0 Å². The van der Waals surface area contributed by atoms with Gasteiger partial charge in [-0.3, -0.25) is 0 Å². The second kappa shape index (κ2) is 16.6. The van der Waals surface area contributed by atoms with Crippen molar-refractivity contribution in [2.45, 2.75) is 163 Å². The average Bonchev–Trinajstić information content (AvgIpc) is 3.64. The highest BCUT2D eigenvalue weighted by Gasteiger charge is 2.38. The van der Waals surface area contributed by atoms with Crippen molar-refractivity contribution in [3.8, 4) is 11.1 Å². The van der Waals surface area contributed by atoms with Gasteiger partial charge in [-0.1, -0.05) is 165 Å². The van der Waals surface area contributed by atoms with Crippen LogP contribution >= 0.6 is 11.3 Å². The third kappa shape index (κ3) is 9.27. The Bertz CT molecular complexity index is 2880. The van der Waals surface area contributed by atoms with Crippen LogP contribution in [0.1, 0.15) is 163 Å². The molecule has 0 atom stereocenters. The minimum atomic E-state index is -0.0229. The molecule has 6 aromatic carbocycles. The summed E-state index contributed by atoms with van der Waals surface area (Å²) in [5, 5.41) is 3.73. The Morgan fingerprint density at radius 1 is 0.424 bits per heavy atom. The normalized spacial score (nSPS) is 15.2. The Hall–Kier alpha value is -5.12. The quantitative estimate of drug-likeness (QED) is 0.157. The van der Waals surface area contributed by atoms with Crippen molar-refractivity contribution in [3.05, 3.63) is 166 Å². The van der Waals surface area contributed by atoms with Crippen molar-refractivity contribution in [1.82, 2.24) is 0 Å². The van der Waals surface area contributed by atoms with Crippen LogP contribution in [0, 0.1) is 6.92 Å². The lowest BCUT2D eigenvalue weighted by Gasteiger charge is -2.42. The highest BCUT2D eigenvalue weighted by Crippen LogP contribution is 2.52. The van der Waals surface area contributed by atoms with Crippen molar-refractivity contribution in [3.63, 3.8) is 0 Å². The molecule has 0 fully saturated rings. The predicted molar refractivity (Wildman–Crippen MR) is 291 cm³/mol. The third-order valence-electron chi connectivity index (χ3n) is 14.5. The summed E-state index contributed by atoms with van der Waals surface area (Å²) in [6, 6.07) is 47.4. The van der Waals surface area contributed by atoms with E-state index in [2.05, 4.69) is 254 Å². The average molecular weight is 893 g/mol. The van der Waals surface area contributed by atoms with Gasteiger partial charge in [-0.15, -0.1) is 11.3 Å². The Morgan fingerprint density at radius 2 is 0.833 bits per heavy atom. The van der Waals surface area contributed by atoms with E-state index in [1.807, 2.05) is 11.3 Å². The van der Waals surface area contributed by atoms with Gasteiger partial charge in [-0.05, 0) is 163 Å². The molecule has 0 unspecified atom stereocenters. The smallest absolute Gasteiger partial charge is 0.0647 e. The topological polar surface area (TPSA) is 6.48 Å². The molecule has 0 saturated carbocycles. The summed E-state index contributed by atoms with van der Waals surface area (Å²) in [6.45, 7) is 39.6. The molecule has 1 aliphatic rings. The van der Waals surface area contributed by atoms with Gasteiger partial charge in [-0.25, -0.2) is 0 Å². The van der Waals surface area contributed by atoms with Gasteiger partial charge in [0.15, 0.2) is 0 Å². The molecule has 66 heavy (non-hydrogen) atoms. The first kappa shape index (κ1) is 47.4. The van der Waals surface area contributed by atoms with Gasteiger partial charge in [-0.2, -0.15) is 0 Å². The lowest BCUT2D eigenvalue weighted by Crippen LogP contribution is -2.33. The second-order valence-electron chi connectivity index (χ2n) is 24.9. The Labute approximate surface area is 403 Å². The maximum atomic E-state index is 2.56. The highest BCUT2D eigenvalue weighted by atomic mass is 32.1. The summed E-state index contributed by atoms with van der Waals surface area (Å²) in [4.78, 5) is 5.04. The number of thiophene rings is 1. The van der Waals surface area contributed by atoms with E-state index >= 15 is 0 Å². The van der Waals surface area contributed by atoms with E-state index in [1.54, 1.807) is 0 Å². The zero-order valence-corrected chi connectivity index (χ0v) is 44.2. The summed E-state index contributed by atoms with van der Waals surface area (Å²) in [7, 11) is 0. The van der Waals surface area contributed by atoms with E-state index in [-0.39, 0.29) is 32.5 Å². The number of hydrogen-bond donors (Lipinski definition) is 0. The minimum Gasteiger partial charge on any atom is -0.310 e. The summed E-state index contributed by atoms with van der Waals surface area (Å²) in [5.74, 6) is 0. The molecule has 1 aromatic heterocycles. The molecule has 3 heteroatoms. The molecule has 0 saturated heterocycles. The van der Waals surface area contributed by atoms with Crippen molar-refractivity contribution in [2.24, 2.45) is 0 Å². The summed E-state index contributed by atoms with van der Waals surface area (Å²) >= 11 is 1.88. The van der Waals surface area contributed by atoms with Crippen LogP contribution in [0.25, 0.3) is 21.2 Å². The molecule has 0 bridgehead atoms. The number of fused-ring (bicyclic) bond motifs is 2. The van der Waals surface area contributed by atoms with E-state index in [9.17, 15) is 0 Å². The van der Waals surface area contributed by atoms with Gasteiger partial charge >= 0.3 is 0 Å². The molecular formula is C63H76N2S. The molecule has 0 radical (unpaired) electrons. The van der Waals surface area contributed by atoms with Crippen LogP contribution < -0.4 is 9.80 Å². The highest BCUT2D eigenvalue weighted by molar-refractivity contribution is 7.17. The zero-order valence-electron chi connectivity index (χ0n) is 43.3. The van der Waals surface area contributed by atoms with Crippen LogP contribution in [-0.2, 0) is 32.5 Å². The van der Waals surface area contributed by atoms with Crippen molar-refractivity contribution < 1.29 is 0 Å². The molecule has 7 aromatic rings. The maximum absolute atomic E-state index is 2.56. The monoisotopic (exact) mass is 893 g/mol. The SMILES string of the molecule is Cc1cc(N(c2ccc(C(C)(C)C)cc2)c2ccc(C(C)(C)C)cc2-c2ccc(C(C)(C)C)cc2)cc(N(c2ccc(C(C)(C)C)cc2)c2csc3cc4c(cc23)C(C)(C)CCC4(C)C)c1. The summed E-state index contributed by atoms with van der Waals surface area (Å²) < 4.78 is 1.35. The number of anilines is 6. The molecule has 1 aliphatic carbocycles.